The first-order chi connectivity index (χ1) is 5.66. The van der Waals surface area contributed by atoms with Crippen molar-refractivity contribution in [2.75, 3.05) is 5.88 Å². The van der Waals surface area contributed by atoms with Crippen LogP contribution in [0.5, 0.6) is 5.75 Å². The monoisotopic (exact) mass is 184 g/mol. The predicted molar refractivity (Wildman–Crippen MR) is 47.9 cm³/mol. The number of hydrogen-bond acceptors (Lipinski definition) is 2. The number of phenols is 1. The van der Waals surface area contributed by atoms with Gasteiger partial charge >= 0.3 is 0 Å². The lowest BCUT2D eigenvalue weighted by atomic mass is 10.1. The van der Waals surface area contributed by atoms with Crippen molar-refractivity contribution in [3.8, 4) is 5.75 Å². The van der Waals surface area contributed by atoms with Gasteiger partial charge in [-0.1, -0.05) is 12.1 Å². The van der Waals surface area contributed by atoms with Crippen molar-refractivity contribution in [1.29, 1.82) is 0 Å². The standard InChI is InChI=1S/C9H9ClO2/c1-6-7(9(12)5-10)3-2-4-8(6)11/h2-4,11H,5H2,1H3. The van der Waals surface area contributed by atoms with Gasteiger partial charge in [0.15, 0.2) is 5.78 Å². The maximum atomic E-state index is 11.1. The Kier molecular flexibility index (Phi) is 2.71. The largest absolute Gasteiger partial charge is 0.508 e. The molecule has 0 heterocycles. The number of Topliss-reactive ketones (excluding diaryl/α,β-unsaturated/α-hetero) is 1. The van der Waals surface area contributed by atoms with Crippen molar-refractivity contribution in [2.24, 2.45) is 0 Å². The lowest BCUT2D eigenvalue weighted by molar-refractivity contribution is 0.102. The molecule has 0 amide bonds. The van der Waals surface area contributed by atoms with Gasteiger partial charge in [-0.15, -0.1) is 11.6 Å². The third-order valence-electron chi connectivity index (χ3n) is 1.73. The topological polar surface area (TPSA) is 37.3 Å². The van der Waals surface area contributed by atoms with E-state index in [2.05, 4.69) is 0 Å². The second-order valence-electron chi connectivity index (χ2n) is 2.51. The van der Waals surface area contributed by atoms with Crippen LogP contribution in [-0.2, 0) is 0 Å². The summed E-state index contributed by atoms with van der Waals surface area (Å²) >= 11 is 5.38. The molecule has 0 unspecified atom stereocenters. The molecule has 0 saturated heterocycles. The Morgan fingerprint density at radius 1 is 1.58 bits per heavy atom. The zero-order chi connectivity index (χ0) is 9.14. The van der Waals surface area contributed by atoms with Crippen molar-refractivity contribution in [1.82, 2.24) is 0 Å². The molecular formula is C9H9ClO2. The van der Waals surface area contributed by atoms with Gasteiger partial charge in [0.05, 0.1) is 5.88 Å². The molecule has 1 rings (SSSR count). The SMILES string of the molecule is Cc1c(O)cccc1C(=O)CCl. The summed E-state index contributed by atoms with van der Waals surface area (Å²) in [5.41, 5.74) is 1.08. The number of phenolic OH excluding ortho intramolecular Hbond substituents is 1. The van der Waals surface area contributed by atoms with Crippen molar-refractivity contribution >= 4 is 17.4 Å². The molecule has 64 valence electrons. The maximum absolute atomic E-state index is 11.1. The number of aromatic hydroxyl groups is 1. The summed E-state index contributed by atoms with van der Waals surface area (Å²) in [5, 5.41) is 9.25. The summed E-state index contributed by atoms with van der Waals surface area (Å²) < 4.78 is 0. The fourth-order valence-corrected chi connectivity index (χ4v) is 1.14. The predicted octanol–water partition coefficient (Wildman–Crippen LogP) is 2.12. The first-order valence-corrected chi connectivity index (χ1v) is 4.08. The quantitative estimate of drug-likeness (QED) is 0.565. The lowest BCUT2D eigenvalue weighted by Crippen LogP contribution is -2.02. The molecule has 0 bridgehead atoms. The number of carbonyl (C=O) groups is 1. The van der Waals surface area contributed by atoms with Crippen molar-refractivity contribution in [2.45, 2.75) is 6.92 Å². The zero-order valence-electron chi connectivity index (χ0n) is 6.67. The highest BCUT2D eigenvalue weighted by molar-refractivity contribution is 6.30. The van der Waals surface area contributed by atoms with Crippen LogP contribution >= 0.6 is 11.6 Å². The molecule has 3 heteroatoms. The molecule has 12 heavy (non-hydrogen) atoms. The van der Waals surface area contributed by atoms with Crippen LogP contribution in [0.2, 0.25) is 0 Å². The average molecular weight is 185 g/mol. The van der Waals surface area contributed by atoms with E-state index in [1.807, 2.05) is 0 Å². The number of carbonyl (C=O) groups excluding carboxylic acids is 1. The molecular weight excluding hydrogens is 176 g/mol. The van der Waals surface area contributed by atoms with Crippen molar-refractivity contribution in [3.05, 3.63) is 29.3 Å². The molecule has 1 N–H and O–H groups in total. The fourth-order valence-electron chi connectivity index (χ4n) is 0.998. The minimum absolute atomic E-state index is 0.0513. The van der Waals surface area contributed by atoms with E-state index in [-0.39, 0.29) is 17.4 Å². The van der Waals surface area contributed by atoms with Gasteiger partial charge in [0.1, 0.15) is 5.75 Å². The van der Waals surface area contributed by atoms with E-state index in [4.69, 9.17) is 11.6 Å². The molecule has 0 aliphatic rings. The van der Waals surface area contributed by atoms with E-state index in [1.54, 1.807) is 25.1 Å². The Bertz CT molecular complexity index is 307. The molecule has 0 spiro atoms. The highest BCUT2D eigenvalue weighted by atomic mass is 35.5. The summed E-state index contributed by atoms with van der Waals surface area (Å²) in [6, 6.07) is 4.82. The zero-order valence-corrected chi connectivity index (χ0v) is 7.43. The summed E-state index contributed by atoms with van der Waals surface area (Å²) in [6.07, 6.45) is 0. The van der Waals surface area contributed by atoms with Crippen LogP contribution in [0.15, 0.2) is 18.2 Å². The molecule has 1 aromatic rings. The van der Waals surface area contributed by atoms with Crippen LogP contribution in [0, 0.1) is 6.92 Å². The number of alkyl halides is 1. The number of ketones is 1. The van der Waals surface area contributed by atoms with Gasteiger partial charge in [-0.25, -0.2) is 0 Å². The Morgan fingerprint density at radius 2 is 2.25 bits per heavy atom. The molecule has 0 aromatic heterocycles. The third kappa shape index (κ3) is 1.59. The Labute approximate surface area is 75.8 Å². The van der Waals surface area contributed by atoms with Crippen molar-refractivity contribution in [3.63, 3.8) is 0 Å². The highest BCUT2D eigenvalue weighted by Gasteiger charge is 2.09. The smallest absolute Gasteiger partial charge is 0.177 e. The first-order valence-electron chi connectivity index (χ1n) is 3.54. The van der Waals surface area contributed by atoms with E-state index in [9.17, 15) is 9.90 Å². The third-order valence-corrected chi connectivity index (χ3v) is 1.97. The van der Waals surface area contributed by atoms with Crippen LogP contribution < -0.4 is 0 Å². The average Bonchev–Trinajstić information content (AvgIpc) is 2.08. The van der Waals surface area contributed by atoms with E-state index >= 15 is 0 Å². The maximum Gasteiger partial charge on any atom is 0.177 e. The Balaban J connectivity index is 3.16. The minimum Gasteiger partial charge on any atom is -0.508 e. The van der Waals surface area contributed by atoms with Crippen LogP contribution in [0.1, 0.15) is 15.9 Å². The van der Waals surface area contributed by atoms with Gasteiger partial charge in [-0.05, 0) is 13.0 Å². The number of halogens is 1. The normalized spacial score (nSPS) is 9.83. The van der Waals surface area contributed by atoms with Gasteiger partial charge < -0.3 is 5.11 Å². The van der Waals surface area contributed by atoms with Crippen molar-refractivity contribution < 1.29 is 9.90 Å². The Hall–Kier alpha value is -1.02. The van der Waals surface area contributed by atoms with Crippen LogP contribution in [0.3, 0.4) is 0 Å². The van der Waals surface area contributed by atoms with Crippen LogP contribution in [0.25, 0.3) is 0 Å². The summed E-state index contributed by atoms with van der Waals surface area (Å²) in [5.74, 6) is -0.0827. The van der Waals surface area contributed by atoms with E-state index in [0.717, 1.165) is 0 Å². The second-order valence-corrected chi connectivity index (χ2v) is 2.77. The van der Waals surface area contributed by atoms with Gasteiger partial charge in [0, 0.05) is 11.1 Å². The van der Waals surface area contributed by atoms with Crippen LogP contribution in [0.4, 0.5) is 0 Å². The fraction of sp³-hybridized carbons (Fsp3) is 0.222. The second kappa shape index (κ2) is 3.59. The molecule has 0 radical (unpaired) electrons. The van der Waals surface area contributed by atoms with Crippen LogP contribution in [-0.4, -0.2) is 16.8 Å². The summed E-state index contributed by atoms with van der Waals surface area (Å²) in [7, 11) is 0. The number of benzene rings is 1. The molecule has 1 aromatic carbocycles. The molecule has 0 aliphatic heterocycles. The summed E-state index contributed by atoms with van der Waals surface area (Å²) in [6.45, 7) is 1.69. The first kappa shape index (κ1) is 9.07. The molecule has 2 nitrogen and oxygen atoms in total. The molecule has 0 aliphatic carbocycles. The number of hydrogen-bond donors (Lipinski definition) is 1. The lowest BCUT2D eigenvalue weighted by Gasteiger charge is -2.03. The summed E-state index contributed by atoms with van der Waals surface area (Å²) in [4.78, 5) is 11.1. The Morgan fingerprint density at radius 3 is 2.83 bits per heavy atom. The molecule has 0 atom stereocenters. The van der Waals surface area contributed by atoms with Gasteiger partial charge in [-0.3, -0.25) is 4.79 Å². The highest BCUT2D eigenvalue weighted by Crippen LogP contribution is 2.19. The van der Waals surface area contributed by atoms with E-state index in [1.165, 1.54) is 0 Å². The molecule has 0 fully saturated rings. The van der Waals surface area contributed by atoms with Gasteiger partial charge in [0.25, 0.3) is 0 Å². The van der Waals surface area contributed by atoms with Gasteiger partial charge in [0.2, 0.25) is 0 Å². The van der Waals surface area contributed by atoms with Gasteiger partial charge in [-0.2, -0.15) is 0 Å². The number of rotatable bonds is 2. The van der Waals surface area contributed by atoms with E-state index in [0.29, 0.717) is 11.1 Å². The minimum atomic E-state index is -0.162. The molecule has 0 saturated carbocycles. The van der Waals surface area contributed by atoms with E-state index < -0.39 is 0 Å².